The number of amides is 1. The van der Waals surface area contributed by atoms with Crippen LogP contribution in [0.2, 0.25) is 0 Å². The number of esters is 1. The topological polar surface area (TPSA) is 70.4 Å². The standard InChI is InChI=1S/C22H28Cl2N2O3/c1-13(2)8-19(21(28)29-22(3,4)5)26-12-18(24)17(10-20(26)27)16-9-15(23)7-6-14(16)11-25/h9,12-13,17,19H,6-8,10H2,1-5H3. The summed E-state index contributed by atoms with van der Waals surface area (Å²) in [5.41, 5.74) is 0.630. The second-order valence-electron chi connectivity index (χ2n) is 8.89. The van der Waals surface area contributed by atoms with E-state index in [0.29, 0.717) is 40.5 Å². The quantitative estimate of drug-likeness (QED) is 0.537. The molecule has 2 aliphatic rings. The molecule has 1 aliphatic carbocycles. The van der Waals surface area contributed by atoms with Crippen molar-refractivity contribution in [3.05, 3.63) is 33.5 Å². The van der Waals surface area contributed by atoms with Gasteiger partial charge in [0.05, 0.1) is 6.07 Å². The van der Waals surface area contributed by atoms with E-state index in [0.717, 1.165) is 0 Å². The number of allylic oxidation sites excluding steroid dienone is 5. The predicted octanol–water partition coefficient (Wildman–Crippen LogP) is 5.41. The van der Waals surface area contributed by atoms with Gasteiger partial charge in [-0.2, -0.15) is 5.26 Å². The zero-order valence-corrected chi connectivity index (χ0v) is 19.1. The molecule has 158 valence electrons. The molecule has 2 unspecified atom stereocenters. The van der Waals surface area contributed by atoms with Gasteiger partial charge in [-0.25, -0.2) is 4.79 Å². The van der Waals surface area contributed by atoms with Crippen molar-refractivity contribution in [1.82, 2.24) is 4.90 Å². The third-order valence-corrected chi connectivity index (χ3v) is 5.42. The lowest BCUT2D eigenvalue weighted by Gasteiger charge is -2.36. The van der Waals surface area contributed by atoms with Crippen molar-refractivity contribution >= 4 is 35.1 Å². The number of nitrogens with zero attached hydrogens (tertiary/aromatic N) is 2. The van der Waals surface area contributed by atoms with E-state index < -0.39 is 23.5 Å². The van der Waals surface area contributed by atoms with E-state index in [4.69, 9.17) is 27.9 Å². The minimum atomic E-state index is -0.744. The molecule has 2 rings (SSSR count). The van der Waals surface area contributed by atoms with Gasteiger partial charge in [0.2, 0.25) is 5.91 Å². The molecule has 0 spiro atoms. The minimum absolute atomic E-state index is 0.0773. The normalized spacial score (nSPS) is 21.6. The lowest BCUT2D eigenvalue weighted by atomic mass is 9.84. The molecule has 29 heavy (non-hydrogen) atoms. The van der Waals surface area contributed by atoms with E-state index in [9.17, 15) is 14.9 Å². The monoisotopic (exact) mass is 438 g/mol. The van der Waals surface area contributed by atoms with Crippen LogP contribution in [0.3, 0.4) is 0 Å². The van der Waals surface area contributed by atoms with Gasteiger partial charge < -0.3 is 9.64 Å². The number of hydrogen-bond donors (Lipinski definition) is 0. The van der Waals surface area contributed by atoms with Crippen LogP contribution in [0.25, 0.3) is 0 Å². The maximum absolute atomic E-state index is 13.0. The van der Waals surface area contributed by atoms with Gasteiger partial charge in [0.15, 0.2) is 0 Å². The summed E-state index contributed by atoms with van der Waals surface area (Å²) in [4.78, 5) is 27.2. The average Bonchev–Trinajstić information content (AvgIpc) is 2.59. The molecule has 1 heterocycles. The van der Waals surface area contributed by atoms with Crippen molar-refractivity contribution in [2.24, 2.45) is 11.8 Å². The fraction of sp³-hybridized carbons (Fsp3) is 0.591. The summed E-state index contributed by atoms with van der Waals surface area (Å²) in [5, 5.41) is 10.5. The Morgan fingerprint density at radius 2 is 2.00 bits per heavy atom. The Kier molecular flexibility index (Phi) is 7.59. The Balaban J connectivity index is 2.38. The molecule has 1 aliphatic heterocycles. The van der Waals surface area contributed by atoms with E-state index >= 15 is 0 Å². The van der Waals surface area contributed by atoms with Crippen LogP contribution in [0.1, 0.15) is 60.3 Å². The van der Waals surface area contributed by atoms with Crippen LogP contribution in [-0.4, -0.2) is 28.4 Å². The highest BCUT2D eigenvalue weighted by molar-refractivity contribution is 6.31. The van der Waals surface area contributed by atoms with E-state index in [1.807, 2.05) is 13.8 Å². The van der Waals surface area contributed by atoms with Gasteiger partial charge in [0.25, 0.3) is 0 Å². The highest BCUT2D eigenvalue weighted by atomic mass is 35.5. The first kappa shape index (κ1) is 23.5. The fourth-order valence-corrected chi connectivity index (χ4v) is 3.99. The molecule has 5 nitrogen and oxygen atoms in total. The summed E-state index contributed by atoms with van der Waals surface area (Å²) in [6.07, 6.45) is 4.95. The van der Waals surface area contributed by atoms with Crippen LogP contribution in [0.5, 0.6) is 0 Å². The van der Waals surface area contributed by atoms with Gasteiger partial charge in [-0.3, -0.25) is 4.79 Å². The molecular formula is C22H28Cl2N2O3. The fourth-order valence-electron chi connectivity index (χ4n) is 3.48. The zero-order valence-electron chi connectivity index (χ0n) is 17.6. The molecule has 1 amide bonds. The van der Waals surface area contributed by atoms with Gasteiger partial charge in [-0.15, -0.1) is 0 Å². The molecular weight excluding hydrogens is 411 g/mol. The van der Waals surface area contributed by atoms with Crippen LogP contribution >= 0.6 is 23.2 Å². The smallest absolute Gasteiger partial charge is 0.329 e. The summed E-state index contributed by atoms with van der Waals surface area (Å²) in [5.74, 6) is -0.923. The average molecular weight is 439 g/mol. The first-order valence-corrected chi connectivity index (χ1v) is 10.6. The van der Waals surface area contributed by atoms with E-state index in [2.05, 4.69) is 6.07 Å². The first-order valence-electron chi connectivity index (χ1n) is 9.83. The highest BCUT2D eigenvalue weighted by Gasteiger charge is 2.38. The third kappa shape index (κ3) is 6.10. The van der Waals surface area contributed by atoms with Gasteiger partial charge >= 0.3 is 5.97 Å². The summed E-state index contributed by atoms with van der Waals surface area (Å²) in [6.45, 7) is 9.35. The van der Waals surface area contributed by atoms with Crippen LogP contribution in [0.15, 0.2) is 33.5 Å². The molecule has 0 fully saturated rings. The Hall–Kier alpha value is -1.77. The summed E-state index contributed by atoms with van der Waals surface area (Å²) in [7, 11) is 0. The van der Waals surface area contributed by atoms with Crippen LogP contribution in [-0.2, 0) is 14.3 Å². The predicted molar refractivity (Wildman–Crippen MR) is 114 cm³/mol. The van der Waals surface area contributed by atoms with E-state index in [1.54, 1.807) is 26.8 Å². The Morgan fingerprint density at radius 1 is 1.34 bits per heavy atom. The zero-order chi connectivity index (χ0) is 21.9. The molecule has 0 saturated heterocycles. The van der Waals surface area contributed by atoms with Crippen molar-refractivity contribution in [3.8, 4) is 6.07 Å². The van der Waals surface area contributed by atoms with Crippen molar-refractivity contribution in [3.63, 3.8) is 0 Å². The number of carbonyl (C=O) groups is 2. The number of rotatable bonds is 5. The van der Waals surface area contributed by atoms with Crippen molar-refractivity contribution in [1.29, 1.82) is 5.26 Å². The third-order valence-electron chi connectivity index (χ3n) is 4.76. The molecule has 0 aromatic rings. The first-order chi connectivity index (χ1) is 13.4. The Bertz CT molecular complexity index is 813. The summed E-state index contributed by atoms with van der Waals surface area (Å²) < 4.78 is 5.54. The van der Waals surface area contributed by atoms with E-state index in [1.165, 1.54) is 11.1 Å². The lowest BCUT2D eigenvalue weighted by molar-refractivity contribution is -0.164. The second kappa shape index (κ2) is 9.36. The highest BCUT2D eigenvalue weighted by Crippen LogP contribution is 2.39. The SMILES string of the molecule is CC(C)CC(C(=O)OC(C)(C)C)N1C=C(Cl)C(C2=C(C#N)CCC(Cl)=C2)CC1=O. The molecule has 0 aromatic heterocycles. The van der Waals surface area contributed by atoms with Gasteiger partial charge in [-0.05, 0) is 57.6 Å². The molecule has 2 atom stereocenters. The van der Waals surface area contributed by atoms with E-state index in [-0.39, 0.29) is 18.2 Å². The van der Waals surface area contributed by atoms with Gasteiger partial charge in [0, 0.05) is 34.2 Å². The number of nitriles is 1. The van der Waals surface area contributed by atoms with Crippen molar-refractivity contribution in [2.45, 2.75) is 71.9 Å². The van der Waals surface area contributed by atoms with Crippen molar-refractivity contribution < 1.29 is 14.3 Å². The van der Waals surface area contributed by atoms with Crippen LogP contribution in [0.4, 0.5) is 0 Å². The van der Waals surface area contributed by atoms with Gasteiger partial charge in [-0.1, -0.05) is 37.0 Å². The number of carbonyl (C=O) groups excluding carboxylic acids is 2. The maximum Gasteiger partial charge on any atom is 0.329 e. The molecule has 7 heteroatoms. The Morgan fingerprint density at radius 3 is 2.55 bits per heavy atom. The second-order valence-corrected chi connectivity index (χ2v) is 9.81. The molecule has 0 bridgehead atoms. The van der Waals surface area contributed by atoms with Crippen molar-refractivity contribution in [2.75, 3.05) is 0 Å². The largest absolute Gasteiger partial charge is 0.458 e. The number of halogens is 2. The van der Waals surface area contributed by atoms with Crippen LogP contribution in [0, 0.1) is 23.2 Å². The molecule has 0 saturated carbocycles. The number of hydrogen-bond acceptors (Lipinski definition) is 4. The summed E-state index contributed by atoms with van der Waals surface area (Å²) in [6, 6.07) is 1.46. The van der Waals surface area contributed by atoms with Gasteiger partial charge in [0.1, 0.15) is 11.6 Å². The molecule has 0 aromatic carbocycles. The maximum atomic E-state index is 13.0. The lowest BCUT2D eigenvalue weighted by Crippen LogP contribution is -2.47. The molecule has 0 N–H and O–H groups in total. The number of ether oxygens (including phenoxy) is 1. The molecule has 0 radical (unpaired) electrons. The Labute approximate surface area is 183 Å². The summed E-state index contributed by atoms with van der Waals surface area (Å²) >= 11 is 12.7. The van der Waals surface area contributed by atoms with Crippen LogP contribution < -0.4 is 0 Å². The minimum Gasteiger partial charge on any atom is -0.458 e.